The molecule has 1 unspecified atom stereocenters. The maximum Gasteiger partial charge on any atom is 0.347 e. The van der Waals surface area contributed by atoms with E-state index in [0.717, 1.165) is 11.3 Å². The normalized spacial score (nSPS) is 12.3. The number of fused-ring (bicyclic) bond motifs is 1. The van der Waals surface area contributed by atoms with Crippen molar-refractivity contribution in [2.45, 2.75) is 26.8 Å². The Hall–Kier alpha value is -3.01. The number of rotatable bonds is 4. The highest BCUT2D eigenvalue weighted by Gasteiger charge is 2.25. The fraction of sp³-hybridized carbons (Fsp3) is 0.312. The van der Waals surface area contributed by atoms with Gasteiger partial charge in [-0.05, 0) is 20.8 Å². The van der Waals surface area contributed by atoms with Gasteiger partial charge in [-0.1, -0.05) is 0 Å². The van der Waals surface area contributed by atoms with Gasteiger partial charge < -0.3 is 19.4 Å². The molecule has 136 valence electrons. The van der Waals surface area contributed by atoms with Gasteiger partial charge in [0.2, 0.25) is 5.71 Å². The number of furan rings is 1. The summed E-state index contributed by atoms with van der Waals surface area (Å²) in [5.41, 5.74) is 0.221. The molecule has 0 fully saturated rings. The number of nitrogens with zero attached hydrogens (tertiary/aromatic N) is 3. The number of aromatic carboxylic acids is 1. The molecular formula is C16H16N4O5S. The molecule has 9 nitrogen and oxygen atoms in total. The molecule has 0 aliphatic carbocycles. The van der Waals surface area contributed by atoms with E-state index < -0.39 is 17.9 Å². The predicted octanol–water partition coefficient (Wildman–Crippen LogP) is 1.79. The van der Waals surface area contributed by atoms with Crippen LogP contribution in [0.5, 0.6) is 0 Å². The first-order valence-corrected chi connectivity index (χ1v) is 8.48. The molecule has 3 aromatic rings. The largest absolute Gasteiger partial charge is 0.477 e. The number of hydrogen-bond donors (Lipinski definition) is 2. The number of aromatic nitrogens is 3. The van der Waals surface area contributed by atoms with Crippen molar-refractivity contribution in [2.24, 2.45) is 7.05 Å². The first-order valence-electron chi connectivity index (χ1n) is 7.67. The van der Waals surface area contributed by atoms with Gasteiger partial charge in [-0.25, -0.2) is 14.8 Å². The molecule has 0 aliphatic rings. The summed E-state index contributed by atoms with van der Waals surface area (Å²) in [5.74, 6) is -1.29. The van der Waals surface area contributed by atoms with Crippen LogP contribution in [0.1, 0.15) is 49.5 Å². The SMILES string of the molecule is Cc1nc(C(C)NC(=O)c2c(C)oc3ncn(C)c(=O)c23)sc1C(=O)O. The molecule has 1 amide bonds. The standard InChI is InChI=1S/C16H16N4O5S/c1-6-11(16(23)24)26-14(19-6)7(2)18-12(21)9-8(3)25-13-10(9)15(22)20(4)5-17-13/h5,7H,1-4H3,(H,18,21)(H,23,24). The van der Waals surface area contributed by atoms with Crippen LogP contribution in [0.2, 0.25) is 0 Å². The minimum atomic E-state index is -1.06. The second-order valence-electron chi connectivity index (χ2n) is 5.84. The van der Waals surface area contributed by atoms with Crippen LogP contribution in [0.15, 0.2) is 15.5 Å². The molecule has 3 rings (SSSR count). The van der Waals surface area contributed by atoms with Crippen molar-refractivity contribution in [1.29, 1.82) is 0 Å². The lowest BCUT2D eigenvalue weighted by Gasteiger charge is -2.11. The van der Waals surface area contributed by atoms with Gasteiger partial charge in [0.15, 0.2) is 0 Å². The van der Waals surface area contributed by atoms with Crippen molar-refractivity contribution in [1.82, 2.24) is 19.9 Å². The summed E-state index contributed by atoms with van der Waals surface area (Å²) in [6.07, 6.45) is 1.32. The fourth-order valence-electron chi connectivity index (χ4n) is 2.59. The molecule has 0 saturated heterocycles. The highest BCUT2D eigenvalue weighted by molar-refractivity contribution is 7.13. The lowest BCUT2D eigenvalue weighted by Crippen LogP contribution is -2.28. The number of amides is 1. The lowest BCUT2D eigenvalue weighted by atomic mass is 10.1. The van der Waals surface area contributed by atoms with E-state index in [-0.39, 0.29) is 32.9 Å². The lowest BCUT2D eigenvalue weighted by molar-refractivity contribution is 0.0700. The molecule has 0 saturated carbocycles. The first-order chi connectivity index (χ1) is 12.2. The van der Waals surface area contributed by atoms with E-state index in [0.29, 0.717) is 10.7 Å². The van der Waals surface area contributed by atoms with E-state index in [1.807, 2.05) is 0 Å². The molecule has 3 aromatic heterocycles. The number of nitrogens with one attached hydrogen (secondary N) is 1. The summed E-state index contributed by atoms with van der Waals surface area (Å²) in [6.45, 7) is 4.87. The maximum atomic E-state index is 12.7. The zero-order chi connectivity index (χ0) is 19.2. The Balaban J connectivity index is 1.96. The van der Waals surface area contributed by atoms with Gasteiger partial charge >= 0.3 is 5.97 Å². The Morgan fingerprint density at radius 2 is 2.08 bits per heavy atom. The Labute approximate surface area is 151 Å². The number of aryl methyl sites for hydroxylation is 3. The van der Waals surface area contributed by atoms with Gasteiger partial charge in [0.1, 0.15) is 27.4 Å². The van der Waals surface area contributed by atoms with E-state index in [4.69, 9.17) is 9.52 Å². The van der Waals surface area contributed by atoms with Gasteiger partial charge in [-0.15, -0.1) is 11.3 Å². The quantitative estimate of drug-likeness (QED) is 0.710. The molecule has 0 aliphatic heterocycles. The Bertz CT molecular complexity index is 1090. The molecule has 0 spiro atoms. The van der Waals surface area contributed by atoms with E-state index >= 15 is 0 Å². The number of carboxylic acids is 1. The minimum Gasteiger partial charge on any atom is -0.477 e. The third-order valence-corrected chi connectivity index (χ3v) is 5.23. The zero-order valence-corrected chi connectivity index (χ0v) is 15.3. The van der Waals surface area contributed by atoms with Crippen LogP contribution in [-0.4, -0.2) is 31.5 Å². The van der Waals surface area contributed by atoms with Crippen molar-refractivity contribution in [3.05, 3.63) is 43.6 Å². The van der Waals surface area contributed by atoms with Gasteiger partial charge in [-0.3, -0.25) is 9.59 Å². The summed E-state index contributed by atoms with van der Waals surface area (Å²) >= 11 is 1.00. The van der Waals surface area contributed by atoms with Gasteiger partial charge in [0, 0.05) is 7.05 Å². The van der Waals surface area contributed by atoms with Crippen LogP contribution in [0.4, 0.5) is 0 Å². The fourth-order valence-corrected chi connectivity index (χ4v) is 3.50. The van der Waals surface area contributed by atoms with Crippen molar-refractivity contribution in [2.75, 3.05) is 0 Å². The summed E-state index contributed by atoms with van der Waals surface area (Å²) in [6, 6.07) is -0.538. The number of thiazole rings is 1. The Morgan fingerprint density at radius 1 is 1.38 bits per heavy atom. The second-order valence-corrected chi connectivity index (χ2v) is 6.87. The van der Waals surface area contributed by atoms with Gasteiger partial charge in [0.05, 0.1) is 17.3 Å². The molecule has 1 atom stereocenters. The average molecular weight is 376 g/mol. The minimum absolute atomic E-state index is 0.0988. The van der Waals surface area contributed by atoms with Crippen molar-refractivity contribution in [3.63, 3.8) is 0 Å². The summed E-state index contributed by atoms with van der Waals surface area (Å²) in [7, 11) is 1.53. The zero-order valence-electron chi connectivity index (χ0n) is 14.5. The van der Waals surface area contributed by atoms with Crippen LogP contribution in [-0.2, 0) is 7.05 Å². The smallest absolute Gasteiger partial charge is 0.347 e. The van der Waals surface area contributed by atoms with Crippen molar-refractivity contribution < 1.29 is 19.1 Å². The molecule has 2 N–H and O–H groups in total. The number of hydrogen-bond acceptors (Lipinski definition) is 7. The highest BCUT2D eigenvalue weighted by Crippen LogP contribution is 2.25. The summed E-state index contributed by atoms with van der Waals surface area (Å²) < 4.78 is 6.69. The first kappa shape index (κ1) is 17.8. The summed E-state index contributed by atoms with van der Waals surface area (Å²) in [4.78, 5) is 44.6. The molecule has 0 radical (unpaired) electrons. The van der Waals surface area contributed by atoms with Crippen LogP contribution in [0, 0.1) is 13.8 Å². The maximum absolute atomic E-state index is 12.7. The van der Waals surface area contributed by atoms with Crippen molar-refractivity contribution >= 4 is 34.3 Å². The van der Waals surface area contributed by atoms with E-state index in [9.17, 15) is 14.4 Å². The third kappa shape index (κ3) is 2.88. The molecule has 0 aromatic carbocycles. The summed E-state index contributed by atoms with van der Waals surface area (Å²) in [5, 5.41) is 12.4. The predicted molar refractivity (Wildman–Crippen MR) is 93.7 cm³/mol. The average Bonchev–Trinajstić information content (AvgIpc) is 3.11. The number of carbonyl (C=O) groups excluding carboxylic acids is 1. The molecule has 26 heavy (non-hydrogen) atoms. The second kappa shape index (κ2) is 6.37. The topological polar surface area (TPSA) is 127 Å². The van der Waals surface area contributed by atoms with E-state index in [2.05, 4.69) is 15.3 Å². The molecule has 0 bridgehead atoms. The van der Waals surface area contributed by atoms with Gasteiger partial charge in [0.25, 0.3) is 11.5 Å². The third-order valence-electron chi connectivity index (χ3n) is 3.90. The molecule has 10 heteroatoms. The van der Waals surface area contributed by atoms with Crippen LogP contribution in [0.25, 0.3) is 11.1 Å². The Kier molecular flexibility index (Phi) is 4.36. The van der Waals surface area contributed by atoms with Crippen LogP contribution >= 0.6 is 11.3 Å². The number of carbonyl (C=O) groups is 2. The monoisotopic (exact) mass is 376 g/mol. The van der Waals surface area contributed by atoms with E-state index in [1.54, 1.807) is 20.8 Å². The molecular weight excluding hydrogens is 360 g/mol. The van der Waals surface area contributed by atoms with Crippen molar-refractivity contribution in [3.8, 4) is 0 Å². The van der Waals surface area contributed by atoms with Crippen LogP contribution in [0.3, 0.4) is 0 Å². The molecule has 3 heterocycles. The highest BCUT2D eigenvalue weighted by atomic mass is 32.1. The van der Waals surface area contributed by atoms with E-state index in [1.165, 1.54) is 17.9 Å². The van der Waals surface area contributed by atoms with Gasteiger partial charge in [-0.2, -0.15) is 0 Å². The number of carboxylic acid groups (broad SMARTS) is 1. The Morgan fingerprint density at radius 3 is 2.69 bits per heavy atom. The van der Waals surface area contributed by atoms with Crippen LogP contribution < -0.4 is 10.9 Å².